The summed E-state index contributed by atoms with van der Waals surface area (Å²) in [6.07, 6.45) is 11.7. The monoisotopic (exact) mass is 437 g/mol. The summed E-state index contributed by atoms with van der Waals surface area (Å²) < 4.78 is 5.86. The number of carbonyl (C=O) groups is 1. The molecule has 2 fully saturated rings. The van der Waals surface area contributed by atoms with Gasteiger partial charge in [0.25, 0.3) is 0 Å². The lowest BCUT2D eigenvalue weighted by atomic mass is 9.80. The van der Waals surface area contributed by atoms with E-state index in [0.29, 0.717) is 5.56 Å². The third-order valence-corrected chi connectivity index (χ3v) is 7.15. The molecule has 0 amide bonds. The van der Waals surface area contributed by atoms with Crippen LogP contribution in [0.5, 0.6) is 0 Å². The first kappa shape index (κ1) is 22.9. The van der Waals surface area contributed by atoms with Crippen LogP contribution >= 0.6 is 0 Å². The van der Waals surface area contributed by atoms with Gasteiger partial charge in [-0.2, -0.15) is 0 Å². The standard InChI is InChI=1S/C26H35N3O3/c30-25(26(31,23-11-5-6-12-23)22-9-3-1-4-10-22)32-19-21(24-13-15-27-20-28-24)14-18-29-16-7-2-8-17-29/h1,3-4,9-10,13,15,20-21,23,31H,2,5-8,11-12,14,16-19H2/t21-,26?/m0/s1. The van der Waals surface area contributed by atoms with Gasteiger partial charge in [0.2, 0.25) is 0 Å². The van der Waals surface area contributed by atoms with Crippen LogP contribution in [0, 0.1) is 5.92 Å². The van der Waals surface area contributed by atoms with Crippen LogP contribution in [0.1, 0.15) is 68.5 Å². The SMILES string of the molecule is O=C(OC[C@H](CCN1CCCCC1)c1ccncn1)C(O)(c1ccccc1)C1CCCC1. The number of rotatable bonds is 9. The zero-order valence-corrected chi connectivity index (χ0v) is 18.9. The van der Waals surface area contributed by atoms with E-state index >= 15 is 0 Å². The second kappa shape index (κ2) is 11.0. The predicted octanol–water partition coefficient (Wildman–Crippen LogP) is 4.06. The number of carbonyl (C=O) groups excluding carboxylic acids is 1. The molecule has 1 saturated carbocycles. The molecule has 2 aliphatic rings. The highest BCUT2D eigenvalue weighted by molar-refractivity contribution is 5.81. The van der Waals surface area contributed by atoms with Gasteiger partial charge in [0.15, 0.2) is 5.60 Å². The second-order valence-electron chi connectivity index (χ2n) is 9.23. The van der Waals surface area contributed by atoms with Gasteiger partial charge in [-0.05, 0) is 63.4 Å². The first-order valence-electron chi connectivity index (χ1n) is 12.1. The van der Waals surface area contributed by atoms with E-state index in [0.717, 1.165) is 57.4 Å². The molecule has 1 aromatic carbocycles. The summed E-state index contributed by atoms with van der Waals surface area (Å²) in [6, 6.07) is 11.2. The van der Waals surface area contributed by atoms with E-state index in [9.17, 15) is 9.90 Å². The Morgan fingerprint density at radius 3 is 2.53 bits per heavy atom. The van der Waals surface area contributed by atoms with E-state index in [1.807, 2.05) is 36.4 Å². The second-order valence-corrected chi connectivity index (χ2v) is 9.23. The van der Waals surface area contributed by atoms with E-state index in [2.05, 4.69) is 14.9 Å². The zero-order valence-electron chi connectivity index (χ0n) is 18.9. The molecule has 1 N–H and O–H groups in total. The average Bonchev–Trinajstić information content (AvgIpc) is 3.41. The molecular weight excluding hydrogens is 402 g/mol. The van der Waals surface area contributed by atoms with E-state index in [-0.39, 0.29) is 18.4 Å². The Bertz CT molecular complexity index is 836. The summed E-state index contributed by atoms with van der Waals surface area (Å²) in [5, 5.41) is 11.7. The number of likely N-dealkylation sites (tertiary alicyclic amines) is 1. The van der Waals surface area contributed by atoms with Crippen molar-refractivity contribution in [2.24, 2.45) is 5.92 Å². The van der Waals surface area contributed by atoms with E-state index in [1.54, 1.807) is 12.5 Å². The lowest BCUT2D eigenvalue weighted by molar-refractivity contribution is -0.174. The number of hydrogen-bond acceptors (Lipinski definition) is 6. The molecule has 1 aliphatic heterocycles. The van der Waals surface area contributed by atoms with Crippen molar-refractivity contribution in [1.82, 2.24) is 14.9 Å². The molecule has 1 unspecified atom stereocenters. The highest BCUT2D eigenvalue weighted by atomic mass is 16.5. The quantitative estimate of drug-likeness (QED) is 0.597. The number of esters is 1. The third-order valence-electron chi connectivity index (χ3n) is 7.15. The molecule has 172 valence electrons. The molecular formula is C26H35N3O3. The minimum atomic E-state index is -1.60. The van der Waals surface area contributed by atoms with Crippen molar-refractivity contribution >= 4 is 5.97 Å². The smallest absolute Gasteiger partial charge is 0.343 e. The lowest BCUT2D eigenvalue weighted by Gasteiger charge is -2.33. The predicted molar refractivity (Wildman–Crippen MR) is 123 cm³/mol. The number of piperidine rings is 1. The van der Waals surface area contributed by atoms with Gasteiger partial charge in [-0.25, -0.2) is 14.8 Å². The Morgan fingerprint density at radius 1 is 1.09 bits per heavy atom. The number of hydrogen-bond donors (Lipinski definition) is 1. The van der Waals surface area contributed by atoms with E-state index < -0.39 is 11.6 Å². The van der Waals surface area contributed by atoms with Crippen LogP contribution in [0.25, 0.3) is 0 Å². The first-order valence-corrected chi connectivity index (χ1v) is 12.1. The van der Waals surface area contributed by atoms with Gasteiger partial charge >= 0.3 is 5.97 Å². The van der Waals surface area contributed by atoms with Crippen molar-refractivity contribution in [3.05, 3.63) is 60.2 Å². The topological polar surface area (TPSA) is 75.5 Å². The van der Waals surface area contributed by atoms with Crippen molar-refractivity contribution in [2.45, 2.75) is 62.9 Å². The molecule has 2 heterocycles. The molecule has 32 heavy (non-hydrogen) atoms. The third kappa shape index (κ3) is 5.36. The van der Waals surface area contributed by atoms with Gasteiger partial charge in [-0.1, -0.05) is 49.6 Å². The summed E-state index contributed by atoms with van der Waals surface area (Å²) in [6.45, 7) is 3.43. The van der Waals surface area contributed by atoms with Crippen LogP contribution in [0.3, 0.4) is 0 Å². The lowest BCUT2D eigenvalue weighted by Crippen LogP contribution is -2.44. The Hall–Kier alpha value is -2.31. The Kier molecular flexibility index (Phi) is 7.87. The molecule has 1 saturated heterocycles. The first-order chi connectivity index (χ1) is 15.7. The Labute approximate surface area is 191 Å². The van der Waals surface area contributed by atoms with Crippen molar-refractivity contribution in [2.75, 3.05) is 26.2 Å². The normalized spacial score (nSPS) is 20.5. The number of aliphatic hydroxyl groups is 1. The van der Waals surface area contributed by atoms with Crippen LogP contribution in [0.15, 0.2) is 48.9 Å². The number of aromatic nitrogens is 2. The molecule has 2 aromatic rings. The van der Waals surface area contributed by atoms with Crippen LogP contribution in [0.2, 0.25) is 0 Å². The number of nitrogens with zero attached hydrogens (tertiary/aromatic N) is 3. The summed E-state index contributed by atoms with van der Waals surface area (Å²) in [4.78, 5) is 24.3. The van der Waals surface area contributed by atoms with E-state index in [1.165, 1.54) is 19.3 Å². The fourth-order valence-corrected chi connectivity index (χ4v) is 5.22. The molecule has 1 aromatic heterocycles. The van der Waals surface area contributed by atoms with Crippen molar-refractivity contribution in [3.63, 3.8) is 0 Å². The molecule has 4 rings (SSSR count). The summed E-state index contributed by atoms with van der Waals surface area (Å²) in [5.74, 6) is -0.664. The minimum absolute atomic E-state index is 0.0209. The fourth-order valence-electron chi connectivity index (χ4n) is 5.22. The summed E-state index contributed by atoms with van der Waals surface area (Å²) in [7, 11) is 0. The van der Waals surface area contributed by atoms with Crippen molar-refractivity contribution in [1.29, 1.82) is 0 Å². The largest absolute Gasteiger partial charge is 0.463 e. The average molecular weight is 438 g/mol. The van der Waals surface area contributed by atoms with Crippen molar-refractivity contribution in [3.8, 4) is 0 Å². The van der Waals surface area contributed by atoms with Crippen LogP contribution in [0.4, 0.5) is 0 Å². The molecule has 0 radical (unpaired) electrons. The van der Waals surface area contributed by atoms with Gasteiger partial charge in [-0.15, -0.1) is 0 Å². The minimum Gasteiger partial charge on any atom is -0.463 e. The molecule has 6 nitrogen and oxygen atoms in total. The Balaban J connectivity index is 1.47. The molecule has 0 spiro atoms. The maximum absolute atomic E-state index is 13.4. The maximum atomic E-state index is 13.4. The highest BCUT2D eigenvalue weighted by Gasteiger charge is 2.48. The van der Waals surface area contributed by atoms with Gasteiger partial charge in [0, 0.05) is 18.0 Å². The maximum Gasteiger partial charge on any atom is 0.343 e. The van der Waals surface area contributed by atoms with Gasteiger partial charge in [0.1, 0.15) is 6.33 Å². The van der Waals surface area contributed by atoms with Gasteiger partial charge < -0.3 is 14.7 Å². The zero-order chi connectivity index (χ0) is 22.2. The van der Waals surface area contributed by atoms with Crippen LogP contribution in [-0.2, 0) is 15.1 Å². The van der Waals surface area contributed by atoms with Gasteiger partial charge in [0.05, 0.1) is 12.3 Å². The Morgan fingerprint density at radius 2 is 1.84 bits per heavy atom. The van der Waals surface area contributed by atoms with Gasteiger partial charge in [-0.3, -0.25) is 0 Å². The summed E-state index contributed by atoms with van der Waals surface area (Å²) >= 11 is 0. The fraction of sp³-hybridized carbons (Fsp3) is 0.577. The van der Waals surface area contributed by atoms with E-state index in [4.69, 9.17) is 4.74 Å². The van der Waals surface area contributed by atoms with Crippen LogP contribution < -0.4 is 0 Å². The number of ether oxygens (including phenoxy) is 1. The molecule has 6 heteroatoms. The molecule has 2 atom stereocenters. The van der Waals surface area contributed by atoms with Crippen molar-refractivity contribution < 1.29 is 14.6 Å². The number of benzene rings is 1. The molecule has 0 bridgehead atoms. The van der Waals surface area contributed by atoms with Crippen LogP contribution in [-0.4, -0.2) is 52.2 Å². The highest BCUT2D eigenvalue weighted by Crippen LogP contribution is 2.41. The summed E-state index contributed by atoms with van der Waals surface area (Å²) in [5.41, 5.74) is -0.0846. The molecule has 1 aliphatic carbocycles.